The highest BCUT2D eigenvalue weighted by molar-refractivity contribution is 7.85. The molecule has 9 rings (SSSR count). The second-order valence-electron chi connectivity index (χ2n) is 36.5. The predicted octanol–water partition coefficient (Wildman–Crippen LogP) is 11.0. The van der Waals surface area contributed by atoms with Crippen molar-refractivity contribution in [3.8, 4) is 23.7 Å². The number of rotatable bonds is 51. The van der Waals surface area contributed by atoms with E-state index < -0.39 is 108 Å². The standard InChI is InChI=1S/C52H67N5O11S2.C27H40N2O6.C20H28N2O5/c1-37-22-25-43-40(34-37)51(3,4)46(56(43)30-14-32-69(62,63)64)19-10-7-11-20-47-52(5,41-35-38(2)23-26-44(41)57(47)31-15-33-70(65,66)67)28-12-21-49(60)54-29-13-18-45(58)42(24-27-48(53)59)55-50(61)68-36-39-16-8-6-9-17-39;1-17(2)14-19(15-26(33)35-16-22-20-8-6-4-5-7-9-21(20)22)27(34)29-23(11-13-25(28)32)24(31)12-10-18(3)30;1-13(23)8-10-18(24)17(9-11-19(21)25)22-20(26)27-12-16-14-6-4-2-3-5-7-15(14)16/h6-11,16-17,19-20,22-23,25-26,34-35,42H,12-15,18,21,24,27-33,36H2,1-5H3,(H5-,53,54,55,59,60,61,62,63,64,65,66,67);17,19-23H,6-16H2,1-3H3,(H2,28,32)(H,29,34);14-17H,4-12H2,1H3,(H2,21,25)(H,22,26)/p-1/t42-,52?;19-,20-,21+,22?,23+;14-,15+,16?,17-/m010/s1. The number of carbonyl (C=O) groups is 13. The SMILES string of the molecule is CC(=O)CCC(=O)[C@H](CCC(N)=O)NC(=O)OCC1[C@H]2CCC#CCC[C@@H]12.CC(=O)CCC(=O)[C@H](CCC(N)=O)NC(=O)[C@@H](CC(=O)OCC1[C@H]2CCC#CCC[C@@H]12)CC(C)C.Cc1ccc2c(c1)C(C)(C)C(/C=C/C=C/C=C1\N(CCCS(=O)(=O)[O-])c3ccc(C)cc3C1(C)CCCC(=O)NCCCC(=O)[C@H](CCC(N)=O)NC(=O)OCc1ccccc1)=[N+]2CCCS(=O)(=O)[O-]. The second kappa shape index (κ2) is 52.4. The van der Waals surface area contributed by atoms with Gasteiger partial charge in [-0.3, -0.25) is 43.2 Å². The molecule has 10 N–H and O–H groups in total. The topological polar surface area (TPSA) is 496 Å². The minimum atomic E-state index is -4.47. The van der Waals surface area contributed by atoms with Crippen molar-refractivity contribution in [1.29, 1.82) is 0 Å². The van der Waals surface area contributed by atoms with Crippen LogP contribution in [0.15, 0.2) is 103 Å². The fourth-order valence-corrected chi connectivity index (χ4v) is 18.8. The third-order valence-corrected chi connectivity index (χ3v) is 26.6. The van der Waals surface area contributed by atoms with E-state index in [4.69, 9.17) is 31.4 Å². The fraction of sp³-hybridized carbons (Fsp3) is 0.576. The van der Waals surface area contributed by atoms with Gasteiger partial charge in [0, 0.05) is 155 Å². The van der Waals surface area contributed by atoms with Gasteiger partial charge in [-0.1, -0.05) is 91.7 Å². The molecule has 0 radical (unpaired) electrons. The Kier molecular flexibility index (Phi) is 42.9. The van der Waals surface area contributed by atoms with Gasteiger partial charge in [0.15, 0.2) is 23.1 Å². The quantitative estimate of drug-likeness (QED) is 0.00525. The van der Waals surface area contributed by atoms with Crippen molar-refractivity contribution in [1.82, 2.24) is 21.3 Å². The lowest BCUT2D eigenvalue weighted by Crippen LogP contribution is -2.45. The number of amides is 7. The van der Waals surface area contributed by atoms with Gasteiger partial charge < -0.3 is 76.3 Å². The molecule has 4 aliphatic carbocycles. The van der Waals surface area contributed by atoms with E-state index in [1.807, 2.05) is 105 Å². The maximum Gasteiger partial charge on any atom is 0.408 e. The average molecular weight is 1870 g/mol. The number of benzene rings is 3. The molecule has 33 heteroatoms. The molecule has 7 amide bonds. The fourth-order valence-electron chi connectivity index (χ4n) is 17.9. The molecule has 2 heterocycles. The molecule has 6 aliphatic rings. The molecule has 11 atom stereocenters. The first kappa shape index (κ1) is 108. The number of primary amides is 3. The van der Waals surface area contributed by atoms with E-state index in [1.54, 1.807) is 12.1 Å². The number of ketones is 5. The minimum Gasteiger partial charge on any atom is -0.748 e. The summed E-state index contributed by atoms with van der Waals surface area (Å²) in [5, 5.41) is 10.7. The molecule has 3 aromatic carbocycles. The van der Waals surface area contributed by atoms with Crippen LogP contribution >= 0.6 is 0 Å². The number of aryl methyl sites for hydroxylation is 2. The molecule has 0 saturated heterocycles. The number of nitrogens with zero attached hydrogens (tertiary/aromatic N) is 2. The number of ether oxygens (including phenoxy) is 3. The summed E-state index contributed by atoms with van der Waals surface area (Å²) >= 11 is 0. The lowest BCUT2D eigenvalue weighted by molar-refractivity contribution is -0.437. The van der Waals surface area contributed by atoms with Crippen LogP contribution in [0.2, 0.25) is 0 Å². The number of Topliss-reactive ketones (excluding diaryl/α,β-unsaturated/α-hetero) is 5. The molecule has 0 aromatic heterocycles. The zero-order valence-corrected chi connectivity index (χ0v) is 79.4. The Hall–Kier alpha value is -11.0. The zero-order valence-electron chi connectivity index (χ0n) is 77.8. The number of fused-ring (bicyclic) bond motifs is 4. The minimum absolute atomic E-state index is 0.00134. The molecule has 132 heavy (non-hydrogen) atoms. The van der Waals surface area contributed by atoms with Gasteiger partial charge in [-0.15, -0.1) is 23.7 Å². The molecule has 2 fully saturated rings. The monoisotopic (exact) mass is 1860 g/mol. The molecule has 0 spiro atoms. The first-order valence-corrected chi connectivity index (χ1v) is 49.1. The van der Waals surface area contributed by atoms with Gasteiger partial charge in [-0.2, -0.15) is 4.58 Å². The van der Waals surface area contributed by atoms with Crippen molar-refractivity contribution >= 4 is 114 Å². The Labute approximate surface area is 777 Å². The van der Waals surface area contributed by atoms with Crippen LogP contribution in [0.3, 0.4) is 0 Å². The Morgan fingerprint density at radius 3 is 1.58 bits per heavy atom. The molecule has 3 aromatic rings. The molecule has 0 bridgehead atoms. The van der Waals surface area contributed by atoms with Gasteiger partial charge in [-0.05, 0) is 196 Å². The summed E-state index contributed by atoms with van der Waals surface area (Å²) in [4.78, 5) is 160. The maximum absolute atomic E-state index is 13.2. The van der Waals surface area contributed by atoms with Crippen molar-refractivity contribution in [3.63, 3.8) is 0 Å². The van der Waals surface area contributed by atoms with Crippen molar-refractivity contribution < 1.29 is 107 Å². The summed E-state index contributed by atoms with van der Waals surface area (Å²) in [7, 11) is -8.85. The second-order valence-corrected chi connectivity index (χ2v) is 39.6. The van der Waals surface area contributed by atoms with E-state index in [-0.39, 0.29) is 163 Å². The number of esters is 1. The molecule has 720 valence electrons. The van der Waals surface area contributed by atoms with Gasteiger partial charge in [-0.25, -0.2) is 26.4 Å². The third kappa shape index (κ3) is 36.5. The number of hydrogen-bond donors (Lipinski definition) is 7. The number of nitrogens with two attached hydrogens (primary N) is 3. The average Bonchev–Trinajstić information content (AvgIpc) is 1.60. The predicted molar refractivity (Wildman–Crippen MR) is 497 cm³/mol. The van der Waals surface area contributed by atoms with Gasteiger partial charge in [0.25, 0.3) is 0 Å². The Balaban J connectivity index is 0.000000316. The lowest BCUT2D eigenvalue weighted by atomic mass is 9.76. The number of carbonyl (C=O) groups excluding carboxylic acids is 13. The normalized spacial score (nSPS) is 20.2. The number of alkyl carbamates (subject to hydrolysis) is 2. The molecule has 31 nitrogen and oxygen atoms in total. The van der Waals surface area contributed by atoms with Crippen molar-refractivity contribution in [2.45, 2.75) is 271 Å². The van der Waals surface area contributed by atoms with Crippen molar-refractivity contribution in [2.75, 3.05) is 49.3 Å². The number of nitrogens with one attached hydrogen (secondary N) is 4. The van der Waals surface area contributed by atoms with Crippen LogP contribution in [-0.4, -0.2) is 175 Å². The molecular weight excluding hydrogens is 1730 g/mol. The number of anilines is 1. The molecule has 2 saturated carbocycles. The largest absolute Gasteiger partial charge is 0.748 e. The van der Waals surface area contributed by atoms with Crippen LogP contribution in [0.4, 0.5) is 21.0 Å². The molecular formula is C99H134N9O22S2-. The maximum atomic E-state index is 13.2. The van der Waals surface area contributed by atoms with E-state index in [2.05, 4.69) is 82.4 Å². The van der Waals surface area contributed by atoms with Crippen LogP contribution in [-0.2, 0) is 105 Å². The Bertz CT molecular complexity index is 5080. The van der Waals surface area contributed by atoms with E-state index >= 15 is 0 Å². The summed E-state index contributed by atoms with van der Waals surface area (Å²) in [5.74, 6) is 10.1. The molecule has 2 aliphatic heterocycles. The highest BCUT2D eigenvalue weighted by Gasteiger charge is 2.51. The van der Waals surface area contributed by atoms with Gasteiger partial charge in [0.2, 0.25) is 35.2 Å². The molecule has 3 unspecified atom stereocenters. The van der Waals surface area contributed by atoms with Crippen LogP contribution in [0.5, 0.6) is 0 Å². The zero-order chi connectivity index (χ0) is 97.0. The van der Waals surface area contributed by atoms with Crippen LogP contribution < -0.4 is 43.4 Å². The van der Waals surface area contributed by atoms with Crippen LogP contribution in [0.1, 0.15) is 250 Å². The Morgan fingerprint density at radius 1 is 0.568 bits per heavy atom. The Morgan fingerprint density at radius 2 is 1.06 bits per heavy atom. The summed E-state index contributed by atoms with van der Waals surface area (Å²) in [6, 6.07) is 18.4. The summed E-state index contributed by atoms with van der Waals surface area (Å²) in [6.45, 7) is 18.5. The third-order valence-electron chi connectivity index (χ3n) is 25.1. The van der Waals surface area contributed by atoms with E-state index in [1.165, 1.54) is 13.8 Å². The van der Waals surface area contributed by atoms with E-state index in [0.29, 0.717) is 74.5 Å². The van der Waals surface area contributed by atoms with Crippen molar-refractivity contribution in [2.24, 2.45) is 64.5 Å². The van der Waals surface area contributed by atoms with E-state index in [9.17, 15) is 88.3 Å². The highest BCUT2D eigenvalue weighted by atomic mass is 32.2. The van der Waals surface area contributed by atoms with Crippen LogP contribution in [0.25, 0.3) is 0 Å². The van der Waals surface area contributed by atoms with Gasteiger partial charge >= 0.3 is 18.2 Å². The summed E-state index contributed by atoms with van der Waals surface area (Å²) < 4.78 is 87.7. The summed E-state index contributed by atoms with van der Waals surface area (Å²) in [6.07, 6.45) is 18.2. The first-order chi connectivity index (χ1) is 62.4. The number of hydrogen-bond acceptors (Lipinski definition) is 23. The lowest BCUT2D eigenvalue weighted by Gasteiger charge is -2.30. The van der Waals surface area contributed by atoms with Crippen LogP contribution in [0, 0.1) is 84.9 Å². The first-order valence-electron chi connectivity index (χ1n) is 46.0. The number of allylic oxidation sites excluding steroid dienone is 6. The summed E-state index contributed by atoms with van der Waals surface area (Å²) in [5.41, 5.74) is 23.2. The van der Waals surface area contributed by atoms with Crippen molar-refractivity contribution in [3.05, 3.63) is 131 Å². The highest BCUT2D eigenvalue weighted by Crippen LogP contribution is 2.54. The van der Waals surface area contributed by atoms with Gasteiger partial charge in [0.1, 0.15) is 24.7 Å². The van der Waals surface area contributed by atoms with Gasteiger partial charge in [0.05, 0.1) is 63.4 Å². The smallest absolute Gasteiger partial charge is 0.408 e. The van der Waals surface area contributed by atoms with E-state index in [0.717, 1.165) is 102 Å².